The molecule has 2 heterocycles. The third kappa shape index (κ3) is 4.75. The van der Waals surface area contributed by atoms with Crippen LogP contribution in [0.1, 0.15) is 16.5 Å². The monoisotopic (exact) mass is 394 g/mol. The second kappa shape index (κ2) is 9.72. The van der Waals surface area contributed by atoms with E-state index in [2.05, 4.69) is 27.7 Å². The normalized spacial score (nSPS) is 16.1. The molecule has 0 spiro atoms. The Labute approximate surface area is 158 Å². The van der Waals surface area contributed by atoms with Crippen LogP contribution in [0, 0.1) is 0 Å². The summed E-state index contributed by atoms with van der Waals surface area (Å²) in [6, 6.07) is 10.4. The number of halogens is 3. The van der Waals surface area contributed by atoms with E-state index in [0.717, 1.165) is 42.5 Å². The third-order valence-electron chi connectivity index (χ3n) is 3.82. The molecule has 128 valence electrons. The number of nitrogens with zero attached hydrogens (tertiary/aromatic N) is 1. The molecule has 1 aromatic heterocycles. The molecule has 7 heteroatoms. The molecule has 0 saturated carbocycles. The van der Waals surface area contributed by atoms with Gasteiger partial charge in [0.05, 0.1) is 13.2 Å². The first-order valence-corrected chi connectivity index (χ1v) is 8.37. The Morgan fingerprint density at radius 2 is 1.96 bits per heavy atom. The third-order valence-corrected chi connectivity index (χ3v) is 4.98. The fraction of sp³-hybridized carbons (Fsp3) is 0.375. The predicted octanol–water partition coefficient (Wildman–Crippen LogP) is 4.25. The molecule has 0 bridgehead atoms. The Hall–Kier alpha value is -0.490. The van der Waals surface area contributed by atoms with Crippen molar-refractivity contribution in [3.8, 4) is 5.75 Å². The van der Waals surface area contributed by atoms with Gasteiger partial charge in [-0.15, -0.1) is 36.2 Å². The average Bonchev–Trinajstić information content (AvgIpc) is 3.03. The minimum atomic E-state index is 0. The highest BCUT2D eigenvalue weighted by molar-refractivity contribution is 7.10. The minimum absolute atomic E-state index is 0. The molecule has 1 aliphatic rings. The van der Waals surface area contributed by atoms with Crippen LogP contribution in [0.4, 0.5) is 0 Å². The Morgan fingerprint density at radius 3 is 2.57 bits per heavy atom. The zero-order valence-corrected chi connectivity index (χ0v) is 16.0. The van der Waals surface area contributed by atoms with Gasteiger partial charge in [0.15, 0.2) is 0 Å². The van der Waals surface area contributed by atoms with Gasteiger partial charge in [-0.2, -0.15) is 0 Å². The van der Waals surface area contributed by atoms with E-state index in [0.29, 0.717) is 0 Å². The van der Waals surface area contributed by atoms with Crippen molar-refractivity contribution in [3.05, 3.63) is 51.2 Å². The molecule has 1 aromatic carbocycles. The number of benzene rings is 1. The molecule has 0 radical (unpaired) electrons. The van der Waals surface area contributed by atoms with E-state index < -0.39 is 0 Å². The summed E-state index contributed by atoms with van der Waals surface area (Å²) in [7, 11) is 1.72. The van der Waals surface area contributed by atoms with Gasteiger partial charge in [0.2, 0.25) is 0 Å². The second-order valence-electron chi connectivity index (χ2n) is 5.09. The molecule has 0 amide bonds. The van der Waals surface area contributed by atoms with Crippen molar-refractivity contribution in [2.24, 2.45) is 0 Å². The quantitative estimate of drug-likeness (QED) is 0.837. The molecule has 3 nitrogen and oxygen atoms in total. The molecule has 2 aromatic rings. The lowest BCUT2D eigenvalue weighted by atomic mass is 10.0. The van der Waals surface area contributed by atoms with Crippen LogP contribution in [0.3, 0.4) is 0 Å². The highest BCUT2D eigenvalue weighted by atomic mass is 35.5. The van der Waals surface area contributed by atoms with E-state index in [1.54, 1.807) is 18.4 Å². The lowest BCUT2D eigenvalue weighted by Crippen LogP contribution is -2.45. The fourth-order valence-electron chi connectivity index (χ4n) is 2.84. The standard InChI is InChI=1S/C16H19ClN2OS.2ClH/c1-20-14-5-4-12(17)11-13(14)16(15-3-2-10-21-15)19-8-6-18-7-9-19;;/h2-5,10-11,16,18H,6-9H2,1H3;2*1H/t16-;;/m1../s1. The molecule has 1 atom stereocenters. The van der Waals surface area contributed by atoms with Crippen LogP contribution < -0.4 is 10.1 Å². The van der Waals surface area contributed by atoms with Gasteiger partial charge in [-0.25, -0.2) is 0 Å². The van der Waals surface area contributed by atoms with E-state index in [1.807, 2.05) is 18.2 Å². The van der Waals surface area contributed by atoms with Gasteiger partial charge in [-0.1, -0.05) is 17.7 Å². The number of methoxy groups -OCH3 is 1. The van der Waals surface area contributed by atoms with Gasteiger partial charge in [0, 0.05) is 41.6 Å². The Bertz CT molecular complexity index is 589. The minimum Gasteiger partial charge on any atom is -0.496 e. The van der Waals surface area contributed by atoms with E-state index >= 15 is 0 Å². The number of hydrogen-bond acceptors (Lipinski definition) is 4. The van der Waals surface area contributed by atoms with E-state index in [1.165, 1.54) is 4.88 Å². The first-order valence-electron chi connectivity index (χ1n) is 7.11. The SMILES string of the molecule is COc1ccc(Cl)cc1[C@H](c1cccs1)N1CCNCC1.Cl.Cl. The topological polar surface area (TPSA) is 24.5 Å². The van der Waals surface area contributed by atoms with Crippen molar-refractivity contribution in [1.29, 1.82) is 0 Å². The highest BCUT2D eigenvalue weighted by Crippen LogP contribution is 2.38. The zero-order chi connectivity index (χ0) is 14.7. The molecule has 23 heavy (non-hydrogen) atoms. The number of nitrogens with one attached hydrogen (secondary N) is 1. The first kappa shape index (κ1) is 20.6. The number of ether oxygens (including phenoxy) is 1. The Balaban J connectivity index is 0.00000132. The van der Waals surface area contributed by atoms with Crippen LogP contribution in [0.5, 0.6) is 5.75 Å². The average molecular weight is 396 g/mol. The summed E-state index contributed by atoms with van der Waals surface area (Å²) in [4.78, 5) is 3.83. The van der Waals surface area contributed by atoms with Gasteiger partial charge >= 0.3 is 0 Å². The molecule has 1 fully saturated rings. The van der Waals surface area contributed by atoms with Crippen molar-refractivity contribution in [1.82, 2.24) is 10.2 Å². The summed E-state index contributed by atoms with van der Waals surface area (Å²) in [6.45, 7) is 4.09. The van der Waals surface area contributed by atoms with Gasteiger partial charge in [0.1, 0.15) is 5.75 Å². The van der Waals surface area contributed by atoms with Crippen LogP contribution in [-0.2, 0) is 0 Å². The molecule has 1 saturated heterocycles. The lowest BCUT2D eigenvalue weighted by Gasteiger charge is -2.35. The van der Waals surface area contributed by atoms with Crippen molar-refractivity contribution in [2.45, 2.75) is 6.04 Å². The molecular weight excluding hydrogens is 375 g/mol. The molecule has 0 unspecified atom stereocenters. The second-order valence-corrected chi connectivity index (χ2v) is 6.51. The summed E-state index contributed by atoms with van der Waals surface area (Å²) in [5, 5.41) is 6.29. The summed E-state index contributed by atoms with van der Waals surface area (Å²) in [6.07, 6.45) is 0. The molecular formula is C16H21Cl3N2OS. The maximum Gasteiger partial charge on any atom is 0.124 e. The van der Waals surface area contributed by atoms with E-state index in [-0.39, 0.29) is 30.9 Å². The van der Waals surface area contributed by atoms with Gasteiger partial charge < -0.3 is 10.1 Å². The van der Waals surface area contributed by atoms with Crippen molar-refractivity contribution in [3.63, 3.8) is 0 Å². The van der Waals surface area contributed by atoms with Gasteiger partial charge in [-0.05, 0) is 29.6 Å². The van der Waals surface area contributed by atoms with Crippen LogP contribution in [0.2, 0.25) is 5.02 Å². The van der Waals surface area contributed by atoms with E-state index in [9.17, 15) is 0 Å². The first-order chi connectivity index (χ1) is 10.3. The number of rotatable bonds is 4. The summed E-state index contributed by atoms with van der Waals surface area (Å²) in [5.74, 6) is 0.899. The Morgan fingerprint density at radius 1 is 1.22 bits per heavy atom. The van der Waals surface area contributed by atoms with E-state index in [4.69, 9.17) is 16.3 Å². The van der Waals surface area contributed by atoms with Gasteiger partial charge in [0.25, 0.3) is 0 Å². The highest BCUT2D eigenvalue weighted by Gasteiger charge is 2.27. The maximum atomic E-state index is 6.24. The molecule has 0 aliphatic carbocycles. The molecule has 3 rings (SSSR count). The van der Waals surface area contributed by atoms with Crippen LogP contribution >= 0.6 is 47.8 Å². The Kier molecular flexibility index (Phi) is 8.69. The largest absolute Gasteiger partial charge is 0.496 e. The lowest BCUT2D eigenvalue weighted by molar-refractivity contribution is 0.197. The summed E-state index contributed by atoms with van der Waals surface area (Å²) < 4.78 is 5.57. The van der Waals surface area contributed by atoms with Crippen molar-refractivity contribution < 1.29 is 4.74 Å². The maximum absolute atomic E-state index is 6.24. The molecule has 1 aliphatic heterocycles. The smallest absolute Gasteiger partial charge is 0.124 e. The van der Waals surface area contributed by atoms with Gasteiger partial charge in [-0.3, -0.25) is 4.90 Å². The number of thiophene rings is 1. The fourth-order valence-corrected chi connectivity index (χ4v) is 3.89. The van der Waals surface area contributed by atoms with Crippen molar-refractivity contribution >= 4 is 47.8 Å². The zero-order valence-electron chi connectivity index (χ0n) is 12.8. The predicted molar refractivity (Wildman–Crippen MR) is 103 cm³/mol. The number of piperazine rings is 1. The molecule has 1 N–H and O–H groups in total. The van der Waals surface area contributed by atoms with Crippen molar-refractivity contribution in [2.75, 3.05) is 33.3 Å². The summed E-state index contributed by atoms with van der Waals surface area (Å²) >= 11 is 8.02. The van der Waals surface area contributed by atoms with Crippen LogP contribution in [0.15, 0.2) is 35.7 Å². The summed E-state index contributed by atoms with van der Waals surface area (Å²) in [5.41, 5.74) is 1.15. The van der Waals surface area contributed by atoms with Crippen LogP contribution in [0.25, 0.3) is 0 Å². The number of hydrogen-bond donors (Lipinski definition) is 1. The van der Waals surface area contributed by atoms with Crippen LogP contribution in [-0.4, -0.2) is 38.2 Å².